The molecule has 0 saturated carbocycles. The fourth-order valence-corrected chi connectivity index (χ4v) is 3.18. The van der Waals surface area contributed by atoms with Crippen LogP contribution in [0.1, 0.15) is 21.7 Å². The standard InChI is InChI=1S/C20H19Cl2N5O3/c1-11-4-6-15(14(22)8-11)24-20(29)19-12(2)27(26-25-19)10-18(28)23-16-9-13(21)5-7-17(16)30-3/h4-9H,10H2,1-3H3,(H,23,28)(H,24,29). The normalized spacial score (nSPS) is 10.6. The molecule has 0 aliphatic heterocycles. The van der Waals surface area contributed by atoms with Crippen LogP contribution in [0.15, 0.2) is 36.4 Å². The second kappa shape index (κ2) is 9.15. The lowest BCUT2D eigenvalue weighted by molar-refractivity contribution is -0.117. The highest BCUT2D eigenvalue weighted by molar-refractivity contribution is 6.34. The van der Waals surface area contributed by atoms with Crippen LogP contribution in [0.5, 0.6) is 5.75 Å². The molecule has 3 rings (SSSR count). The summed E-state index contributed by atoms with van der Waals surface area (Å²) in [5, 5.41) is 14.1. The van der Waals surface area contributed by atoms with Crippen molar-refractivity contribution in [3.05, 3.63) is 63.4 Å². The lowest BCUT2D eigenvalue weighted by Crippen LogP contribution is -2.21. The van der Waals surface area contributed by atoms with Crippen molar-refractivity contribution in [3.8, 4) is 5.75 Å². The first-order valence-corrected chi connectivity index (χ1v) is 9.65. The van der Waals surface area contributed by atoms with Crippen molar-refractivity contribution in [1.29, 1.82) is 0 Å². The van der Waals surface area contributed by atoms with E-state index in [1.807, 2.05) is 13.0 Å². The van der Waals surface area contributed by atoms with Crippen molar-refractivity contribution in [1.82, 2.24) is 15.0 Å². The summed E-state index contributed by atoms with van der Waals surface area (Å²) < 4.78 is 6.54. The van der Waals surface area contributed by atoms with Gasteiger partial charge in [0.2, 0.25) is 5.91 Å². The summed E-state index contributed by atoms with van der Waals surface area (Å²) in [5.41, 5.74) is 2.40. The second-order valence-electron chi connectivity index (χ2n) is 6.51. The Kier molecular flexibility index (Phi) is 6.59. The quantitative estimate of drug-likeness (QED) is 0.592. The number of aryl methyl sites for hydroxylation is 1. The van der Waals surface area contributed by atoms with Gasteiger partial charge in [-0.1, -0.05) is 34.5 Å². The van der Waals surface area contributed by atoms with Gasteiger partial charge in [0.1, 0.15) is 12.3 Å². The summed E-state index contributed by atoms with van der Waals surface area (Å²) in [4.78, 5) is 25.0. The van der Waals surface area contributed by atoms with Gasteiger partial charge >= 0.3 is 0 Å². The third-order valence-corrected chi connectivity index (χ3v) is 4.85. The van der Waals surface area contributed by atoms with E-state index >= 15 is 0 Å². The topological polar surface area (TPSA) is 98.1 Å². The predicted octanol–water partition coefficient (Wildman–Crippen LogP) is 4.10. The summed E-state index contributed by atoms with van der Waals surface area (Å²) in [6.07, 6.45) is 0. The number of benzene rings is 2. The fourth-order valence-electron chi connectivity index (χ4n) is 2.73. The van der Waals surface area contributed by atoms with Gasteiger partial charge in [0.05, 0.1) is 29.2 Å². The number of halogens is 2. The summed E-state index contributed by atoms with van der Waals surface area (Å²) in [6.45, 7) is 3.41. The van der Waals surface area contributed by atoms with Gasteiger partial charge in [0, 0.05) is 5.02 Å². The summed E-state index contributed by atoms with van der Waals surface area (Å²) in [6, 6.07) is 10.2. The molecule has 0 fully saturated rings. The first kappa shape index (κ1) is 21.6. The molecule has 10 heteroatoms. The van der Waals surface area contributed by atoms with E-state index in [1.165, 1.54) is 11.8 Å². The van der Waals surface area contributed by atoms with E-state index in [4.69, 9.17) is 27.9 Å². The molecule has 8 nitrogen and oxygen atoms in total. The van der Waals surface area contributed by atoms with Gasteiger partial charge in [-0.25, -0.2) is 4.68 Å². The zero-order chi connectivity index (χ0) is 21.8. The van der Waals surface area contributed by atoms with Gasteiger partial charge in [-0.05, 0) is 49.7 Å². The zero-order valence-electron chi connectivity index (χ0n) is 16.5. The van der Waals surface area contributed by atoms with Gasteiger partial charge in [0.15, 0.2) is 5.69 Å². The number of methoxy groups -OCH3 is 1. The largest absolute Gasteiger partial charge is 0.495 e. The van der Waals surface area contributed by atoms with E-state index < -0.39 is 5.91 Å². The van der Waals surface area contributed by atoms with E-state index in [0.717, 1.165) is 5.56 Å². The van der Waals surface area contributed by atoms with Crippen LogP contribution in [0.25, 0.3) is 0 Å². The van der Waals surface area contributed by atoms with E-state index in [9.17, 15) is 9.59 Å². The Morgan fingerprint density at radius 2 is 1.83 bits per heavy atom. The van der Waals surface area contributed by atoms with E-state index in [2.05, 4.69) is 20.9 Å². The SMILES string of the molecule is COc1ccc(Cl)cc1NC(=O)Cn1nnc(C(=O)Nc2ccc(C)cc2Cl)c1C. The maximum absolute atomic E-state index is 12.6. The minimum absolute atomic E-state index is 0.0970. The molecule has 0 unspecified atom stereocenters. The smallest absolute Gasteiger partial charge is 0.278 e. The average molecular weight is 448 g/mol. The van der Waals surface area contributed by atoms with Gasteiger partial charge in [-0.3, -0.25) is 9.59 Å². The van der Waals surface area contributed by atoms with Crippen LogP contribution in [0, 0.1) is 13.8 Å². The maximum Gasteiger partial charge on any atom is 0.278 e. The molecule has 2 aromatic carbocycles. The number of hydrogen-bond acceptors (Lipinski definition) is 5. The third kappa shape index (κ3) is 4.90. The molecular weight excluding hydrogens is 429 g/mol. The van der Waals surface area contributed by atoms with Crippen molar-refractivity contribution >= 4 is 46.4 Å². The molecule has 3 aromatic rings. The Hall–Kier alpha value is -3.10. The Morgan fingerprint density at radius 3 is 2.53 bits per heavy atom. The zero-order valence-corrected chi connectivity index (χ0v) is 18.0. The molecule has 1 heterocycles. The Bertz CT molecular complexity index is 1110. The van der Waals surface area contributed by atoms with Gasteiger partial charge < -0.3 is 15.4 Å². The Balaban J connectivity index is 1.71. The highest BCUT2D eigenvalue weighted by Gasteiger charge is 2.19. The minimum Gasteiger partial charge on any atom is -0.495 e. The number of anilines is 2. The number of amides is 2. The molecule has 30 heavy (non-hydrogen) atoms. The number of nitrogens with zero attached hydrogens (tertiary/aromatic N) is 3. The fraction of sp³-hybridized carbons (Fsp3) is 0.200. The van der Waals surface area contributed by atoms with Crippen LogP contribution in [0.3, 0.4) is 0 Å². The molecular formula is C20H19Cl2N5O3. The number of carbonyl (C=O) groups is 2. The summed E-state index contributed by atoms with van der Waals surface area (Å²) >= 11 is 12.1. The number of carbonyl (C=O) groups excluding carboxylic acids is 2. The van der Waals surface area contributed by atoms with Gasteiger partial charge in [-0.2, -0.15) is 0 Å². The van der Waals surface area contributed by atoms with Gasteiger partial charge in [0.25, 0.3) is 5.91 Å². The van der Waals surface area contributed by atoms with Crippen LogP contribution in [-0.4, -0.2) is 33.9 Å². The van der Waals surface area contributed by atoms with Crippen LogP contribution >= 0.6 is 23.2 Å². The monoisotopic (exact) mass is 447 g/mol. The van der Waals surface area contributed by atoms with E-state index in [1.54, 1.807) is 37.3 Å². The van der Waals surface area contributed by atoms with Crippen molar-refractivity contribution < 1.29 is 14.3 Å². The molecule has 0 bridgehead atoms. The molecule has 2 N–H and O–H groups in total. The molecule has 0 spiro atoms. The Labute approximate surface area is 183 Å². The number of nitrogens with one attached hydrogen (secondary N) is 2. The Morgan fingerprint density at radius 1 is 1.07 bits per heavy atom. The minimum atomic E-state index is -0.471. The average Bonchev–Trinajstić information content (AvgIpc) is 3.04. The number of hydrogen-bond donors (Lipinski definition) is 2. The molecule has 1 aromatic heterocycles. The van der Waals surface area contributed by atoms with Crippen molar-refractivity contribution in [3.63, 3.8) is 0 Å². The molecule has 2 amide bonds. The van der Waals surface area contributed by atoms with Crippen molar-refractivity contribution in [2.45, 2.75) is 20.4 Å². The maximum atomic E-state index is 12.6. The van der Waals surface area contributed by atoms with Crippen molar-refractivity contribution in [2.75, 3.05) is 17.7 Å². The molecule has 0 aliphatic carbocycles. The molecule has 0 aliphatic rings. The predicted molar refractivity (Wildman–Crippen MR) is 116 cm³/mol. The van der Waals surface area contributed by atoms with Crippen LogP contribution in [0.4, 0.5) is 11.4 Å². The lowest BCUT2D eigenvalue weighted by Gasteiger charge is -2.11. The van der Waals surface area contributed by atoms with Crippen molar-refractivity contribution in [2.24, 2.45) is 0 Å². The van der Waals surface area contributed by atoms with E-state index in [0.29, 0.717) is 32.9 Å². The summed E-state index contributed by atoms with van der Waals surface area (Å²) in [7, 11) is 1.49. The highest BCUT2D eigenvalue weighted by Crippen LogP contribution is 2.27. The van der Waals surface area contributed by atoms with Gasteiger partial charge in [-0.15, -0.1) is 5.10 Å². The number of aromatic nitrogens is 3. The van der Waals surface area contributed by atoms with Crippen LogP contribution in [0.2, 0.25) is 10.0 Å². The first-order valence-electron chi connectivity index (χ1n) is 8.89. The van der Waals surface area contributed by atoms with Crippen LogP contribution in [-0.2, 0) is 11.3 Å². The molecule has 0 radical (unpaired) electrons. The molecule has 0 saturated heterocycles. The van der Waals surface area contributed by atoms with E-state index in [-0.39, 0.29) is 18.1 Å². The lowest BCUT2D eigenvalue weighted by atomic mass is 10.2. The second-order valence-corrected chi connectivity index (χ2v) is 7.35. The molecule has 0 atom stereocenters. The molecule has 156 valence electrons. The number of ether oxygens (including phenoxy) is 1. The first-order chi connectivity index (χ1) is 14.3. The third-order valence-electron chi connectivity index (χ3n) is 4.30. The summed E-state index contributed by atoms with van der Waals surface area (Å²) in [5.74, 6) is -0.378. The number of rotatable bonds is 6. The van der Waals surface area contributed by atoms with Crippen LogP contribution < -0.4 is 15.4 Å². The highest BCUT2D eigenvalue weighted by atomic mass is 35.5.